The molecule has 3 N–H and O–H groups in total. The molecule has 1 saturated heterocycles. The number of nitrogens with zero attached hydrogens (tertiary/aromatic N) is 2. The molecule has 110 valence electrons. The summed E-state index contributed by atoms with van der Waals surface area (Å²) in [6, 6.07) is 13.0. The second kappa shape index (κ2) is 6.14. The molecule has 4 heteroatoms. The zero-order valence-electron chi connectivity index (χ0n) is 12.4. The van der Waals surface area contributed by atoms with Gasteiger partial charge in [-0.05, 0) is 30.5 Å². The fourth-order valence-corrected chi connectivity index (χ4v) is 2.81. The lowest BCUT2D eigenvalue weighted by Crippen LogP contribution is -2.26. The van der Waals surface area contributed by atoms with Gasteiger partial charge in [-0.15, -0.1) is 0 Å². The predicted molar refractivity (Wildman–Crippen MR) is 87.1 cm³/mol. The number of benzene rings is 1. The molecule has 0 spiro atoms. The average molecular weight is 282 g/mol. The minimum absolute atomic E-state index is 0.422. The molecule has 1 aromatic heterocycles. The number of nitrogen functional groups attached to an aromatic ring is 1. The first-order valence-corrected chi connectivity index (χ1v) is 7.46. The van der Waals surface area contributed by atoms with Gasteiger partial charge in [0.1, 0.15) is 5.82 Å². The SMILES string of the molecule is Cc1ccnc(NC2CCN(Cc3ccccc3)C2)c1N. The molecule has 1 unspecified atom stereocenters. The molecule has 1 fully saturated rings. The average Bonchev–Trinajstić information content (AvgIpc) is 2.92. The highest BCUT2D eigenvalue weighted by atomic mass is 15.2. The summed E-state index contributed by atoms with van der Waals surface area (Å²) in [5.74, 6) is 0.821. The summed E-state index contributed by atoms with van der Waals surface area (Å²) in [6.45, 7) is 5.16. The van der Waals surface area contributed by atoms with Crippen molar-refractivity contribution in [3.8, 4) is 0 Å². The van der Waals surface area contributed by atoms with Crippen LogP contribution in [0.25, 0.3) is 0 Å². The summed E-state index contributed by atoms with van der Waals surface area (Å²) < 4.78 is 0. The third-order valence-electron chi connectivity index (χ3n) is 4.07. The second-order valence-electron chi connectivity index (χ2n) is 5.74. The molecule has 1 atom stereocenters. The van der Waals surface area contributed by atoms with Gasteiger partial charge in [-0.1, -0.05) is 30.3 Å². The minimum Gasteiger partial charge on any atom is -0.396 e. The van der Waals surface area contributed by atoms with Gasteiger partial charge in [-0.25, -0.2) is 4.98 Å². The van der Waals surface area contributed by atoms with Crippen LogP contribution in [0.2, 0.25) is 0 Å². The van der Waals surface area contributed by atoms with Crippen LogP contribution in [0.5, 0.6) is 0 Å². The Labute approximate surface area is 126 Å². The van der Waals surface area contributed by atoms with Gasteiger partial charge in [-0.2, -0.15) is 0 Å². The molecule has 4 nitrogen and oxygen atoms in total. The Kier molecular flexibility index (Phi) is 4.06. The minimum atomic E-state index is 0.422. The second-order valence-corrected chi connectivity index (χ2v) is 5.74. The first-order chi connectivity index (χ1) is 10.2. The van der Waals surface area contributed by atoms with Crippen molar-refractivity contribution in [1.29, 1.82) is 0 Å². The largest absolute Gasteiger partial charge is 0.396 e. The summed E-state index contributed by atoms with van der Waals surface area (Å²) in [5, 5.41) is 3.49. The van der Waals surface area contributed by atoms with Gasteiger partial charge in [0, 0.05) is 31.9 Å². The highest BCUT2D eigenvalue weighted by Gasteiger charge is 2.23. The summed E-state index contributed by atoms with van der Waals surface area (Å²) in [7, 11) is 0. The van der Waals surface area contributed by atoms with E-state index in [1.807, 2.05) is 19.2 Å². The van der Waals surface area contributed by atoms with Crippen LogP contribution in [0.15, 0.2) is 42.6 Å². The Morgan fingerprint density at radius 2 is 2.10 bits per heavy atom. The lowest BCUT2D eigenvalue weighted by molar-refractivity contribution is 0.328. The number of likely N-dealkylation sites (tertiary alicyclic amines) is 1. The first-order valence-electron chi connectivity index (χ1n) is 7.46. The molecule has 0 amide bonds. The summed E-state index contributed by atoms with van der Waals surface area (Å²) in [5.41, 5.74) is 9.29. The van der Waals surface area contributed by atoms with Crippen molar-refractivity contribution >= 4 is 11.5 Å². The van der Waals surface area contributed by atoms with E-state index in [0.29, 0.717) is 6.04 Å². The Morgan fingerprint density at radius 1 is 1.29 bits per heavy atom. The van der Waals surface area contributed by atoms with E-state index in [0.717, 1.165) is 43.1 Å². The molecule has 2 heterocycles. The normalized spacial score (nSPS) is 18.8. The molecule has 21 heavy (non-hydrogen) atoms. The summed E-state index contributed by atoms with van der Waals surface area (Å²) >= 11 is 0. The van der Waals surface area contributed by atoms with Crippen LogP contribution in [-0.2, 0) is 6.54 Å². The molecule has 0 aliphatic carbocycles. The Bertz CT molecular complexity index is 597. The highest BCUT2D eigenvalue weighted by Crippen LogP contribution is 2.22. The van der Waals surface area contributed by atoms with Crippen LogP contribution in [0.3, 0.4) is 0 Å². The quantitative estimate of drug-likeness (QED) is 0.905. The number of hydrogen-bond acceptors (Lipinski definition) is 4. The van der Waals surface area contributed by atoms with E-state index in [1.165, 1.54) is 5.56 Å². The van der Waals surface area contributed by atoms with Gasteiger partial charge in [0.15, 0.2) is 0 Å². The number of aryl methyl sites for hydroxylation is 1. The van der Waals surface area contributed by atoms with Gasteiger partial charge in [-0.3, -0.25) is 4.90 Å². The van der Waals surface area contributed by atoms with Crippen LogP contribution in [0, 0.1) is 6.92 Å². The van der Waals surface area contributed by atoms with Crippen molar-refractivity contribution in [2.45, 2.75) is 25.9 Å². The van der Waals surface area contributed by atoms with Crippen LogP contribution in [-0.4, -0.2) is 29.0 Å². The molecule has 0 bridgehead atoms. The summed E-state index contributed by atoms with van der Waals surface area (Å²) in [6.07, 6.45) is 2.94. The Hall–Kier alpha value is -2.07. The van der Waals surface area contributed by atoms with Gasteiger partial charge in [0.2, 0.25) is 0 Å². The molecule has 0 radical (unpaired) electrons. The molecular weight excluding hydrogens is 260 g/mol. The third kappa shape index (κ3) is 3.34. The van der Waals surface area contributed by atoms with Gasteiger partial charge >= 0.3 is 0 Å². The number of pyridine rings is 1. The maximum Gasteiger partial charge on any atom is 0.149 e. The van der Waals surface area contributed by atoms with E-state index < -0.39 is 0 Å². The number of rotatable bonds is 4. The zero-order chi connectivity index (χ0) is 14.7. The standard InChI is InChI=1S/C17H22N4/c1-13-7-9-19-17(16(13)18)20-15-8-10-21(12-15)11-14-5-3-2-4-6-14/h2-7,9,15H,8,10-12,18H2,1H3,(H,19,20). The van der Waals surface area contributed by atoms with Crippen molar-refractivity contribution in [3.63, 3.8) is 0 Å². The number of nitrogens with one attached hydrogen (secondary N) is 1. The van der Waals surface area contributed by atoms with E-state index in [-0.39, 0.29) is 0 Å². The van der Waals surface area contributed by atoms with Crippen LogP contribution in [0.4, 0.5) is 11.5 Å². The lowest BCUT2D eigenvalue weighted by atomic mass is 10.2. The molecule has 3 rings (SSSR count). The predicted octanol–water partition coefficient (Wildman–Crippen LogP) is 2.66. The highest BCUT2D eigenvalue weighted by molar-refractivity contribution is 5.65. The molecule has 1 aromatic carbocycles. The van der Waals surface area contributed by atoms with Gasteiger partial charge < -0.3 is 11.1 Å². The Morgan fingerprint density at radius 3 is 2.90 bits per heavy atom. The fourth-order valence-electron chi connectivity index (χ4n) is 2.81. The first kappa shape index (κ1) is 13.9. The maximum atomic E-state index is 6.08. The number of nitrogens with two attached hydrogens (primary N) is 1. The van der Waals surface area contributed by atoms with Gasteiger partial charge in [0.05, 0.1) is 5.69 Å². The van der Waals surface area contributed by atoms with Crippen LogP contribution in [0.1, 0.15) is 17.5 Å². The monoisotopic (exact) mass is 282 g/mol. The van der Waals surface area contributed by atoms with Crippen molar-refractivity contribution in [2.75, 3.05) is 24.1 Å². The summed E-state index contributed by atoms with van der Waals surface area (Å²) in [4.78, 5) is 6.83. The fraction of sp³-hybridized carbons (Fsp3) is 0.353. The number of hydrogen-bond donors (Lipinski definition) is 2. The van der Waals surface area contributed by atoms with E-state index in [9.17, 15) is 0 Å². The van der Waals surface area contributed by atoms with E-state index in [4.69, 9.17) is 5.73 Å². The maximum absolute atomic E-state index is 6.08. The smallest absolute Gasteiger partial charge is 0.149 e. The molecule has 0 saturated carbocycles. The van der Waals surface area contributed by atoms with Crippen LogP contribution >= 0.6 is 0 Å². The third-order valence-corrected chi connectivity index (χ3v) is 4.07. The topological polar surface area (TPSA) is 54.2 Å². The Balaban J connectivity index is 1.59. The van der Waals surface area contributed by atoms with Crippen molar-refractivity contribution in [1.82, 2.24) is 9.88 Å². The van der Waals surface area contributed by atoms with Crippen molar-refractivity contribution < 1.29 is 0 Å². The van der Waals surface area contributed by atoms with E-state index >= 15 is 0 Å². The van der Waals surface area contributed by atoms with E-state index in [1.54, 1.807) is 0 Å². The number of anilines is 2. The molecule has 2 aromatic rings. The van der Waals surface area contributed by atoms with Gasteiger partial charge in [0.25, 0.3) is 0 Å². The molecule has 1 aliphatic heterocycles. The van der Waals surface area contributed by atoms with Crippen molar-refractivity contribution in [3.05, 3.63) is 53.7 Å². The van der Waals surface area contributed by atoms with E-state index in [2.05, 4.69) is 45.5 Å². The lowest BCUT2D eigenvalue weighted by Gasteiger charge is -2.18. The molecular formula is C17H22N4. The number of aromatic nitrogens is 1. The van der Waals surface area contributed by atoms with Crippen LogP contribution < -0.4 is 11.1 Å². The zero-order valence-corrected chi connectivity index (χ0v) is 12.4. The molecule has 1 aliphatic rings. The van der Waals surface area contributed by atoms with Crippen molar-refractivity contribution in [2.24, 2.45) is 0 Å².